The SMILES string of the molecule is CCCC1CCCN(c2cc(C)c(F)cc2[C@@H](C)N)CC1. The van der Waals surface area contributed by atoms with Crippen molar-refractivity contribution in [2.75, 3.05) is 18.0 Å². The Morgan fingerprint density at radius 2 is 2.10 bits per heavy atom. The minimum Gasteiger partial charge on any atom is -0.371 e. The number of halogens is 1. The van der Waals surface area contributed by atoms with Crippen molar-refractivity contribution in [1.29, 1.82) is 0 Å². The lowest BCUT2D eigenvalue weighted by Crippen LogP contribution is -2.27. The van der Waals surface area contributed by atoms with Crippen molar-refractivity contribution in [3.05, 3.63) is 29.1 Å². The van der Waals surface area contributed by atoms with Crippen LogP contribution >= 0.6 is 0 Å². The van der Waals surface area contributed by atoms with E-state index in [9.17, 15) is 4.39 Å². The van der Waals surface area contributed by atoms with Gasteiger partial charge in [0.05, 0.1) is 0 Å². The van der Waals surface area contributed by atoms with Gasteiger partial charge in [-0.05, 0) is 62.3 Å². The van der Waals surface area contributed by atoms with Gasteiger partial charge in [-0.2, -0.15) is 0 Å². The largest absolute Gasteiger partial charge is 0.371 e. The van der Waals surface area contributed by atoms with E-state index in [4.69, 9.17) is 5.73 Å². The second-order valence-electron chi connectivity index (χ2n) is 6.52. The Morgan fingerprint density at radius 3 is 2.76 bits per heavy atom. The number of benzene rings is 1. The molecule has 1 aliphatic heterocycles. The van der Waals surface area contributed by atoms with Crippen molar-refractivity contribution in [2.24, 2.45) is 11.7 Å². The van der Waals surface area contributed by atoms with Gasteiger partial charge in [-0.15, -0.1) is 0 Å². The fourth-order valence-electron chi connectivity index (χ4n) is 3.42. The van der Waals surface area contributed by atoms with Gasteiger partial charge in [-0.3, -0.25) is 0 Å². The Kier molecular flexibility index (Phi) is 5.63. The van der Waals surface area contributed by atoms with E-state index in [2.05, 4.69) is 11.8 Å². The zero-order valence-electron chi connectivity index (χ0n) is 13.7. The van der Waals surface area contributed by atoms with Gasteiger partial charge in [0.1, 0.15) is 5.82 Å². The average Bonchev–Trinajstić information content (AvgIpc) is 2.67. The summed E-state index contributed by atoms with van der Waals surface area (Å²) in [6, 6.07) is 3.47. The van der Waals surface area contributed by atoms with E-state index in [-0.39, 0.29) is 11.9 Å². The minimum absolute atomic E-state index is 0.134. The molecule has 118 valence electrons. The van der Waals surface area contributed by atoms with Crippen molar-refractivity contribution < 1.29 is 4.39 Å². The Morgan fingerprint density at radius 1 is 1.33 bits per heavy atom. The van der Waals surface area contributed by atoms with Crippen LogP contribution in [0.15, 0.2) is 12.1 Å². The Hall–Kier alpha value is -1.09. The number of aryl methyl sites for hydroxylation is 1. The maximum absolute atomic E-state index is 13.9. The topological polar surface area (TPSA) is 29.3 Å². The van der Waals surface area contributed by atoms with E-state index < -0.39 is 0 Å². The van der Waals surface area contributed by atoms with Gasteiger partial charge in [0.25, 0.3) is 0 Å². The monoisotopic (exact) mass is 292 g/mol. The second-order valence-corrected chi connectivity index (χ2v) is 6.52. The van der Waals surface area contributed by atoms with Crippen LogP contribution < -0.4 is 10.6 Å². The molecule has 0 saturated carbocycles. The van der Waals surface area contributed by atoms with Crippen molar-refractivity contribution in [3.8, 4) is 0 Å². The first-order chi connectivity index (χ1) is 10.0. The molecule has 1 aliphatic rings. The van der Waals surface area contributed by atoms with Gasteiger partial charge in [0, 0.05) is 24.8 Å². The summed E-state index contributed by atoms with van der Waals surface area (Å²) in [6.45, 7) is 8.16. The molecule has 0 aromatic heterocycles. The lowest BCUT2D eigenvalue weighted by atomic mass is 9.96. The molecular formula is C18H29FN2. The van der Waals surface area contributed by atoms with Crippen LogP contribution in [0.25, 0.3) is 0 Å². The molecule has 1 fully saturated rings. The third-order valence-electron chi connectivity index (χ3n) is 4.68. The lowest BCUT2D eigenvalue weighted by molar-refractivity contribution is 0.435. The predicted molar refractivity (Wildman–Crippen MR) is 88.2 cm³/mol. The fourth-order valence-corrected chi connectivity index (χ4v) is 3.42. The maximum Gasteiger partial charge on any atom is 0.126 e. The molecule has 3 heteroatoms. The van der Waals surface area contributed by atoms with Gasteiger partial charge in [0.15, 0.2) is 0 Å². The van der Waals surface area contributed by atoms with E-state index in [1.54, 1.807) is 6.07 Å². The first kappa shape index (κ1) is 16.3. The number of hydrogen-bond acceptors (Lipinski definition) is 2. The van der Waals surface area contributed by atoms with Gasteiger partial charge in [0.2, 0.25) is 0 Å². The third-order valence-corrected chi connectivity index (χ3v) is 4.68. The highest BCUT2D eigenvalue weighted by molar-refractivity contribution is 5.57. The molecule has 0 radical (unpaired) electrons. The van der Waals surface area contributed by atoms with Crippen LogP contribution in [0, 0.1) is 18.7 Å². The number of rotatable bonds is 4. The van der Waals surface area contributed by atoms with Crippen LogP contribution in [-0.2, 0) is 0 Å². The lowest BCUT2D eigenvalue weighted by Gasteiger charge is -2.27. The summed E-state index contributed by atoms with van der Waals surface area (Å²) in [5, 5.41) is 0. The van der Waals surface area contributed by atoms with Crippen LogP contribution in [0.5, 0.6) is 0 Å². The van der Waals surface area contributed by atoms with Crippen molar-refractivity contribution in [3.63, 3.8) is 0 Å². The molecule has 2 rings (SSSR count). The van der Waals surface area contributed by atoms with Crippen LogP contribution in [0.3, 0.4) is 0 Å². The summed E-state index contributed by atoms with van der Waals surface area (Å²) >= 11 is 0. The van der Waals surface area contributed by atoms with Crippen molar-refractivity contribution in [2.45, 2.75) is 58.9 Å². The Labute approximate surface area is 128 Å². The number of anilines is 1. The summed E-state index contributed by atoms with van der Waals surface area (Å²) in [5.74, 6) is 0.699. The van der Waals surface area contributed by atoms with Crippen LogP contribution in [0.2, 0.25) is 0 Å². The van der Waals surface area contributed by atoms with Crippen LogP contribution in [-0.4, -0.2) is 13.1 Å². The molecule has 1 aromatic rings. The van der Waals surface area contributed by atoms with Gasteiger partial charge < -0.3 is 10.6 Å². The molecule has 1 aromatic carbocycles. The quantitative estimate of drug-likeness (QED) is 0.881. The molecule has 0 amide bonds. The summed E-state index contributed by atoms with van der Waals surface area (Å²) in [6.07, 6.45) is 6.38. The molecule has 21 heavy (non-hydrogen) atoms. The molecule has 0 bridgehead atoms. The highest BCUT2D eigenvalue weighted by Gasteiger charge is 2.20. The summed E-state index contributed by atoms with van der Waals surface area (Å²) in [5.41, 5.74) is 8.85. The number of nitrogens with two attached hydrogens (primary N) is 1. The van der Waals surface area contributed by atoms with Gasteiger partial charge in [-0.1, -0.05) is 19.8 Å². The molecule has 2 nitrogen and oxygen atoms in total. The molecule has 2 N–H and O–H groups in total. The molecule has 1 saturated heterocycles. The average molecular weight is 292 g/mol. The van der Waals surface area contributed by atoms with E-state index in [0.29, 0.717) is 5.56 Å². The highest BCUT2D eigenvalue weighted by atomic mass is 19.1. The normalized spacial score (nSPS) is 21.2. The first-order valence-electron chi connectivity index (χ1n) is 8.33. The Balaban J connectivity index is 2.22. The molecule has 2 atom stereocenters. The molecular weight excluding hydrogens is 263 g/mol. The number of hydrogen-bond donors (Lipinski definition) is 1. The predicted octanol–water partition coefficient (Wildman–Crippen LogP) is 4.56. The van der Waals surface area contributed by atoms with Gasteiger partial charge >= 0.3 is 0 Å². The fraction of sp³-hybridized carbons (Fsp3) is 0.667. The summed E-state index contributed by atoms with van der Waals surface area (Å²) in [7, 11) is 0. The van der Waals surface area contributed by atoms with Crippen LogP contribution in [0.1, 0.15) is 63.1 Å². The molecule has 0 aliphatic carbocycles. The Bertz CT molecular complexity index is 471. The maximum atomic E-state index is 13.9. The second kappa shape index (κ2) is 7.26. The third kappa shape index (κ3) is 3.97. The minimum atomic E-state index is -0.148. The van der Waals surface area contributed by atoms with E-state index in [1.165, 1.54) is 32.1 Å². The van der Waals surface area contributed by atoms with Crippen molar-refractivity contribution >= 4 is 5.69 Å². The van der Waals surface area contributed by atoms with E-state index in [0.717, 1.165) is 30.3 Å². The smallest absolute Gasteiger partial charge is 0.126 e. The molecule has 0 spiro atoms. The zero-order valence-corrected chi connectivity index (χ0v) is 13.7. The number of nitrogens with zero attached hydrogens (tertiary/aromatic N) is 1. The van der Waals surface area contributed by atoms with Crippen LogP contribution in [0.4, 0.5) is 10.1 Å². The molecule has 1 heterocycles. The standard InChI is InChI=1S/C18H29FN2/c1-4-6-15-7-5-9-21(10-8-15)18-11-13(2)17(19)12-16(18)14(3)20/h11-12,14-15H,4-10,20H2,1-3H3/t14-,15?/m1/s1. The first-order valence-corrected chi connectivity index (χ1v) is 8.33. The van der Waals surface area contributed by atoms with Crippen molar-refractivity contribution in [1.82, 2.24) is 0 Å². The van der Waals surface area contributed by atoms with Gasteiger partial charge in [-0.25, -0.2) is 4.39 Å². The highest BCUT2D eigenvalue weighted by Crippen LogP contribution is 2.31. The molecule has 1 unspecified atom stereocenters. The summed E-state index contributed by atoms with van der Waals surface area (Å²) in [4.78, 5) is 2.42. The summed E-state index contributed by atoms with van der Waals surface area (Å²) < 4.78 is 13.9. The van der Waals surface area contributed by atoms with E-state index >= 15 is 0 Å². The van der Waals surface area contributed by atoms with E-state index in [1.807, 2.05) is 19.9 Å². The zero-order chi connectivity index (χ0) is 15.4.